The van der Waals surface area contributed by atoms with Crippen molar-refractivity contribution in [1.29, 1.82) is 0 Å². The Morgan fingerprint density at radius 3 is 1.86 bits per heavy atom. The summed E-state index contributed by atoms with van der Waals surface area (Å²) in [5.41, 5.74) is 11.4. The van der Waals surface area contributed by atoms with Gasteiger partial charge in [-0.15, -0.1) is 0 Å². The molecule has 6 nitrogen and oxygen atoms in total. The minimum absolute atomic E-state index is 0.545. The summed E-state index contributed by atoms with van der Waals surface area (Å²) in [6, 6.07) is 62.8. The minimum Gasteiger partial charge on any atom is -0.456 e. The molecular formula is C51H30N4O2. The molecule has 0 atom stereocenters. The van der Waals surface area contributed by atoms with Gasteiger partial charge in [0.25, 0.3) is 0 Å². The molecule has 12 aromatic rings. The van der Waals surface area contributed by atoms with Crippen LogP contribution in [0.4, 0.5) is 0 Å². The van der Waals surface area contributed by atoms with E-state index in [1.165, 1.54) is 16.3 Å². The largest absolute Gasteiger partial charge is 0.456 e. The van der Waals surface area contributed by atoms with Gasteiger partial charge in [0.05, 0.1) is 16.6 Å². The van der Waals surface area contributed by atoms with Gasteiger partial charge in [-0.05, 0) is 71.8 Å². The van der Waals surface area contributed by atoms with Crippen LogP contribution in [0, 0.1) is 0 Å². The van der Waals surface area contributed by atoms with Crippen molar-refractivity contribution in [2.45, 2.75) is 0 Å². The molecule has 4 heterocycles. The van der Waals surface area contributed by atoms with E-state index in [1.54, 1.807) is 0 Å². The lowest BCUT2D eigenvalue weighted by atomic mass is 9.97. The van der Waals surface area contributed by atoms with Crippen molar-refractivity contribution in [3.63, 3.8) is 0 Å². The van der Waals surface area contributed by atoms with E-state index in [2.05, 4.69) is 108 Å². The van der Waals surface area contributed by atoms with Crippen LogP contribution in [0.1, 0.15) is 0 Å². The number of hydrogen-bond donors (Lipinski definition) is 0. The quantitative estimate of drug-likeness (QED) is 0.176. The highest BCUT2D eigenvalue weighted by molar-refractivity contribution is 6.15. The Hall–Kier alpha value is -7.83. The van der Waals surface area contributed by atoms with E-state index in [9.17, 15) is 0 Å². The van der Waals surface area contributed by atoms with E-state index in [4.69, 9.17) is 23.8 Å². The third-order valence-corrected chi connectivity index (χ3v) is 11.1. The maximum absolute atomic E-state index is 6.53. The van der Waals surface area contributed by atoms with Crippen molar-refractivity contribution in [2.24, 2.45) is 0 Å². The van der Waals surface area contributed by atoms with Gasteiger partial charge in [-0.2, -0.15) is 0 Å². The highest BCUT2D eigenvalue weighted by Gasteiger charge is 2.20. The number of furan rings is 2. The Morgan fingerprint density at radius 2 is 0.982 bits per heavy atom. The molecule has 0 unspecified atom stereocenters. The zero-order chi connectivity index (χ0) is 37.5. The van der Waals surface area contributed by atoms with Crippen molar-refractivity contribution < 1.29 is 8.83 Å². The molecule has 0 fully saturated rings. The Bertz CT molecular complexity index is 3530. The summed E-state index contributed by atoms with van der Waals surface area (Å²) in [5.74, 6) is 1.70. The van der Waals surface area contributed by atoms with E-state index >= 15 is 0 Å². The number of aromatic nitrogens is 4. The first-order valence-electron chi connectivity index (χ1n) is 19.0. The topological polar surface area (TPSA) is 69.9 Å². The van der Waals surface area contributed by atoms with E-state index in [0.717, 1.165) is 82.9 Å². The van der Waals surface area contributed by atoms with Gasteiger partial charge in [-0.1, -0.05) is 121 Å². The van der Waals surface area contributed by atoms with Crippen LogP contribution in [0.25, 0.3) is 117 Å². The van der Waals surface area contributed by atoms with E-state index in [-0.39, 0.29) is 0 Å². The Morgan fingerprint density at radius 1 is 0.351 bits per heavy atom. The molecule has 0 radical (unpaired) electrons. The molecule has 0 aliphatic heterocycles. The van der Waals surface area contributed by atoms with Crippen LogP contribution in [0.2, 0.25) is 0 Å². The van der Waals surface area contributed by atoms with Crippen LogP contribution in [-0.2, 0) is 0 Å². The molecule has 6 heteroatoms. The van der Waals surface area contributed by atoms with Crippen LogP contribution in [-0.4, -0.2) is 19.5 Å². The zero-order valence-corrected chi connectivity index (χ0v) is 30.4. The lowest BCUT2D eigenvalue weighted by molar-refractivity contribution is 0.669. The van der Waals surface area contributed by atoms with Gasteiger partial charge in [-0.3, -0.25) is 0 Å². The molecule has 57 heavy (non-hydrogen) atoms. The fraction of sp³-hybridized carbons (Fsp3) is 0. The summed E-state index contributed by atoms with van der Waals surface area (Å²) in [5, 5.41) is 6.55. The lowest BCUT2D eigenvalue weighted by Crippen LogP contribution is -2.00. The summed E-state index contributed by atoms with van der Waals surface area (Å²) >= 11 is 0. The standard InChI is InChI=1S/C51H30N4O2/c1-3-13-31(14-4-1)49-52-50(54-51(53-49)40-21-11-20-39-38-18-8-10-23-44(38)57-48(39)40)33-26-28-45-41(29-33)47-35(19-12-24-46(47)56-45)32-25-27-37-36-17-7-9-22-42(36)55(43(37)30-32)34-15-5-2-6-16-34/h1-30H. The van der Waals surface area contributed by atoms with E-state index in [0.29, 0.717) is 17.5 Å². The monoisotopic (exact) mass is 730 g/mol. The van der Waals surface area contributed by atoms with Gasteiger partial charge in [0.15, 0.2) is 17.5 Å². The van der Waals surface area contributed by atoms with Crippen LogP contribution < -0.4 is 0 Å². The summed E-state index contributed by atoms with van der Waals surface area (Å²) < 4.78 is 15.3. The van der Waals surface area contributed by atoms with Gasteiger partial charge in [0.2, 0.25) is 0 Å². The SMILES string of the molecule is c1ccc(-c2nc(-c3ccc4oc5cccc(-c6ccc7c8ccccc8n(-c8ccccc8)c7c6)c5c4c3)nc(-c3cccc4c3oc3ccccc34)n2)cc1. The fourth-order valence-corrected chi connectivity index (χ4v) is 8.46. The first kappa shape index (κ1) is 31.5. The number of para-hydroxylation sites is 4. The maximum Gasteiger partial charge on any atom is 0.167 e. The van der Waals surface area contributed by atoms with E-state index in [1.807, 2.05) is 78.9 Å². The van der Waals surface area contributed by atoms with Crippen LogP contribution in [0.3, 0.4) is 0 Å². The van der Waals surface area contributed by atoms with Crippen molar-refractivity contribution in [2.75, 3.05) is 0 Å². The highest BCUT2D eigenvalue weighted by atomic mass is 16.3. The zero-order valence-electron chi connectivity index (χ0n) is 30.4. The third-order valence-electron chi connectivity index (χ3n) is 11.1. The Balaban J connectivity index is 1.06. The molecule has 0 saturated carbocycles. The van der Waals surface area contributed by atoms with Gasteiger partial charge in [0.1, 0.15) is 22.3 Å². The molecule has 0 saturated heterocycles. The predicted octanol–water partition coefficient (Wildman–Crippen LogP) is 13.4. The number of benzene rings is 8. The summed E-state index contributed by atoms with van der Waals surface area (Å²) in [6.07, 6.45) is 0. The molecule has 4 aromatic heterocycles. The first-order valence-corrected chi connectivity index (χ1v) is 19.0. The lowest BCUT2D eigenvalue weighted by Gasteiger charge is -2.10. The van der Waals surface area contributed by atoms with Crippen molar-refractivity contribution in [3.05, 3.63) is 182 Å². The molecule has 8 aromatic carbocycles. The minimum atomic E-state index is 0.545. The van der Waals surface area contributed by atoms with Gasteiger partial charge < -0.3 is 13.4 Å². The number of hydrogen-bond acceptors (Lipinski definition) is 5. The molecule has 0 aliphatic rings. The van der Waals surface area contributed by atoms with Crippen LogP contribution in [0.15, 0.2) is 191 Å². The van der Waals surface area contributed by atoms with Crippen molar-refractivity contribution in [1.82, 2.24) is 19.5 Å². The normalized spacial score (nSPS) is 11.9. The number of fused-ring (bicyclic) bond motifs is 9. The molecule has 0 aliphatic carbocycles. The second-order valence-corrected chi connectivity index (χ2v) is 14.4. The smallest absolute Gasteiger partial charge is 0.167 e. The maximum atomic E-state index is 6.53. The molecule has 0 amide bonds. The van der Waals surface area contributed by atoms with Crippen molar-refractivity contribution >= 4 is 65.7 Å². The Kier molecular flexibility index (Phi) is 6.83. The van der Waals surface area contributed by atoms with Gasteiger partial charge in [-0.25, -0.2) is 15.0 Å². The summed E-state index contributed by atoms with van der Waals surface area (Å²) in [6.45, 7) is 0. The van der Waals surface area contributed by atoms with Gasteiger partial charge >= 0.3 is 0 Å². The highest BCUT2D eigenvalue weighted by Crippen LogP contribution is 2.41. The molecule has 0 spiro atoms. The number of nitrogens with zero attached hydrogens (tertiary/aromatic N) is 4. The average Bonchev–Trinajstić information content (AvgIpc) is 3.96. The molecule has 12 rings (SSSR count). The average molecular weight is 731 g/mol. The molecular weight excluding hydrogens is 701 g/mol. The molecule has 0 bridgehead atoms. The van der Waals surface area contributed by atoms with Crippen LogP contribution >= 0.6 is 0 Å². The summed E-state index contributed by atoms with van der Waals surface area (Å²) in [4.78, 5) is 15.3. The van der Waals surface area contributed by atoms with Gasteiger partial charge in [0, 0.05) is 49.1 Å². The van der Waals surface area contributed by atoms with Crippen LogP contribution in [0.5, 0.6) is 0 Å². The molecule has 0 N–H and O–H groups in total. The van der Waals surface area contributed by atoms with E-state index < -0.39 is 0 Å². The van der Waals surface area contributed by atoms with Crippen molar-refractivity contribution in [3.8, 4) is 51.0 Å². The number of rotatable bonds is 5. The molecule has 266 valence electrons. The second kappa shape index (κ2) is 12.3. The second-order valence-electron chi connectivity index (χ2n) is 14.4. The first-order chi connectivity index (χ1) is 28.2. The Labute approximate surface area is 325 Å². The summed E-state index contributed by atoms with van der Waals surface area (Å²) in [7, 11) is 0. The predicted molar refractivity (Wildman–Crippen MR) is 230 cm³/mol. The third kappa shape index (κ3) is 4.94. The fourth-order valence-electron chi connectivity index (χ4n) is 8.46.